The van der Waals surface area contributed by atoms with Crippen molar-refractivity contribution in [1.82, 2.24) is 9.88 Å². The number of piperazine rings is 1. The highest BCUT2D eigenvalue weighted by Crippen LogP contribution is 2.29. The van der Waals surface area contributed by atoms with Crippen LogP contribution in [0.1, 0.15) is 6.92 Å². The lowest BCUT2D eigenvalue weighted by atomic mass is 10.2. The van der Waals surface area contributed by atoms with Crippen LogP contribution in [-0.4, -0.2) is 42.1 Å². The maximum atomic E-state index is 8.95. The zero-order chi connectivity index (χ0) is 13.2. The fraction of sp³-hybridized carbons (Fsp3) is 0.429. The molecule has 1 saturated heterocycles. The number of para-hydroxylation sites is 1. The Bertz CT molecular complexity index is 574. The first-order chi connectivity index (χ1) is 9.28. The second-order valence-electron chi connectivity index (χ2n) is 4.79. The molecule has 19 heavy (non-hydrogen) atoms. The number of nitriles is 1. The van der Waals surface area contributed by atoms with Crippen molar-refractivity contribution in [2.75, 3.05) is 31.1 Å². The van der Waals surface area contributed by atoms with Crippen LogP contribution in [0.25, 0.3) is 10.2 Å². The van der Waals surface area contributed by atoms with E-state index < -0.39 is 0 Å². The van der Waals surface area contributed by atoms with E-state index in [1.165, 1.54) is 4.70 Å². The van der Waals surface area contributed by atoms with E-state index in [1.807, 2.05) is 13.0 Å². The van der Waals surface area contributed by atoms with E-state index in [4.69, 9.17) is 5.26 Å². The van der Waals surface area contributed by atoms with Gasteiger partial charge in [-0.2, -0.15) is 5.26 Å². The number of rotatable bonds is 2. The fourth-order valence-electron chi connectivity index (χ4n) is 2.38. The van der Waals surface area contributed by atoms with Gasteiger partial charge in [0.2, 0.25) is 0 Å². The SMILES string of the molecule is CC(C#N)N1CCN(c2nc3ccccc3s2)CC1. The van der Waals surface area contributed by atoms with Crippen molar-refractivity contribution < 1.29 is 0 Å². The number of hydrogen-bond acceptors (Lipinski definition) is 5. The molecule has 3 rings (SSSR count). The summed E-state index contributed by atoms with van der Waals surface area (Å²) in [7, 11) is 0. The summed E-state index contributed by atoms with van der Waals surface area (Å²) in [6, 6.07) is 10.6. The summed E-state index contributed by atoms with van der Waals surface area (Å²) in [4.78, 5) is 9.24. The first kappa shape index (κ1) is 12.4. The largest absolute Gasteiger partial charge is 0.345 e. The molecule has 1 aromatic carbocycles. The number of aromatic nitrogens is 1. The molecule has 0 spiro atoms. The van der Waals surface area contributed by atoms with Crippen molar-refractivity contribution >= 4 is 26.7 Å². The van der Waals surface area contributed by atoms with Gasteiger partial charge in [-0.3, -0.25) is 4.90 Å². The van der Waals surface area contributed by atoms with Gasteiger partial charge in [0.1, 0.15) is 0 Å². The molecule has 2 heterocycles. The molecular formula is C14H16N4S. The summed E-state index contributed by atoms with van der Waals surface area (Å²) in [6.07, 6.45) is 0. The van der Waals surface area contributed by atoms with Crippen molar-refractivity contribution in [2.24, 2.45) is 0 Å². The maximum Gasteiger partial charge on any atom is 0.186 e. The third-order valence-corrected chi connectivity index (χ3v) is 4.70. The molecule has 5 heteroatoms. The number of hydrogen-bond donors (Lipinski definition) is 0. The molecule has 98 valence electrons. The molecule has 0 saturated carbocycles. The molecule has 1 atom stereocenters. The van der Waals surface area contributed by atoms with Crippen LogP contribution in [0.5, 0.6) is 0 Å². The molecule has 1 unspecified atom stereocenters. The number of anilines is 1. The average Bonchev–Trinajstić information content (AvgIpc) is 2.90. The number of nitrogens with zero attached hydrogens (tertiary/aromatic N) is 4. The van der Waals surface area contributed by atoms with Gasteiger partial charge in [0.05, 0.1) is 22.3 Å². The molecule has 1 aromatic heterocycles. The van der Waals surface area contributed by atoms with E-state index in [-0.39, 0.29) is 6.04 Å². The predicted molar refractivity (Wildman–Crippen MR) is 78.5 cm³/mol. The summed E-state index contributed by atoms with van der Waals surface area (Å²) < 4.78 is 1.24. The Morgan fingerprint density at radius 1 is 1.26 bits per heavy atom. The van der Waals surface area contributed by atoms with E-state index in [0.717, 1.165) is 36.8 Å². The minimum atomic E-state index is 0.0116. The Morgan fingerprint density at radius 2 is 2.00 bits per heavy atom. The third kappa shape index (κ3) is 2.42. The summed E-state index contributed by atoms with van der Waals surface area (Å²) >= 11 is 1.75. The first-order valence-corrected chi connectivity index (χ1v) is 7.34. The smallest absolute Gasteiger partial charge is 0.186 e. The number of thiazole rings is 1. The van der Waals surface area contributed by atoms with E-state index in [0.29, 0.717) is 0 Å². The summed E-state index contributed by atoms with van der Waals surface area (Å²) in [5.74, 6) is 0. The van der Waals surface area contributed by atoms with Gasteiger partial charge in [-0.15, -0.1) is 0 Å². The Hall–Kier alpha value is -1.64. The summed E-state index contributed by atoms with van der Waals surface area (Å²) in [5, 5.41) is 10.1. The maximum absolute atomic E-state index is 8.95. The normalized spacial score (nSPS) is 18.4. The predicted octanol–water partition coefficient (Wildman–Crippen LogP) is 2.33. The molecule has 2 aromatic rings. The zero-order valence-electron chi connectivity index (χ0n) is 10.9. The average molecular weight is 272 g/mol. The summed E-state index contributed by atoms with van der Waals surface area (Å²) in [6.45, 7) is 5.74. The van der Waals surface area contributed by atoms with Gasteiger partial charge < -0.3 is 4.90 Å². The molecule has 0 amide bonds. The highest BCUT2D eigenvalue weighted by Gasteiger charge is 2.22. The van der Waals surface area contributed by atoms with Crippen LogP contribution < -0.4 is 4.90 Å². The van der Waals surface area contributed by atoms with Gasteiger partial charge in [-0.25, -0.2) is 4.98 Å². The van der Waals surface area contributed by atoms with Crippen molar-refractivity contribution in [1.29, 1.82) is 5.26 Å². The molecule has 0 N–H and O–H groups in total. The topological polar surface area (TPSA) is 43.2 Å². The Kier molecular flexibility index (Phi) is 3.36. The molecule has 0 bridgehead atoms. The minimum Gasteiger partial charge on any atom is -0.345 e. The minimum absolute atomic E-state index is 0.0116. The molecular weight excluding hydrogens is 256 g/mol. The van der Waals surface area contributed by atoms with Crippen LogP contribution in [0.3, 0.4) is 0 Å². The van der Waals surface area contributed by atoms with Gasteiger partial charge in [-0.05, 0) is 19.1 Å². The van der Waals surface area contributed by atoms with Crippen LogP contribution in [0.15, 0.2) is 24.3 Å². The lowest BCUT2D eigenvalue weighted by molar-refractivity contribution is 0.231. The van der Waals surface area contributed by atoms with Crippen LogP contribution in [-0.2, 0) is 0 Å². The highest BCUT2D eigenvalue weighted by atomic mass is 32.1. The zero-order valence-corrected chi connectivity index (χ0v) is 11.7. The van der Waals surface area contributed by atoms with Gasteiger partial charge in [0.25, 0.3) is 0 Å². The Balaban J connectivity index is 1.73. The van der Waals surface area contributed by atoms with Crippen molar-refractivity contribution in [2.45, 2.75) is 13.0 Å². The first-order valence-electron chi connectivity index (χ1n) is 6.52. The van der Waals surface area contributed by atoms with Gasteiger partial charge >= 0.3 is 0 Å². The van der Waals surface area contributed by atoms with Crippen LogP contribution in [0, 0.1) is 11.3 Å². The van der Waals surface area contributed by atoms with Crippen molar-refractivity contribution in [3.63, 3.8) is 0 Å². The number of benzene rings is 1. The Labute approximate surface area is 116 Å². The standard InChI is InChI=1S/C14H16N4S/c1-11(10-15)17-6-8-18(9-7-17)14-16-12-4-2-3-5-13(12)19-14/h2-5,11H,6-9H2,1H3. The summed E-state index contributed by atoms with van der Waals surface area (Å²) in [5.41, 5.74) is 1.08. The van der Waals surface area contributed by atoms with Crippen molar-refractivity contribution in [3.05, 3.63) is 24.3 Å². The molecule has 1 fully saturated rings. The van der Waals surface area contributed by atoms with Crippen LogP contribution in [0.2, 0.25) is 0 Å². The number of fused-ring (bicyclic) bond motifs is 1. The molecule has 0 radical (unpaired) electrons. The monoisotopic (exact) mass is 272 g/mol. The van der Waals surface area contributed by atoms with E-state index in [2.05, 4.69) is 39.1 Å². The molecule has 4 nitrogen and oxygen atoms in total. The van der Waals surface area contributed by atoms with Gasteiger partial charge in [0, 0.05) is 26.2 Å². The third-order valence-electron chi connectivity index (χ3n) is 3.60. The Morgan fingerprint density at radius 3 is 2.68 bits per heavy atom. The van der Waals surface area contributed by atoms with E-state index in [9.17, 15) is 0 Å². The fourth-order valence-corrected chi connectivity index (χ4v) is 3.39. The lowest BCUT2D eigenvalue weighted by Gasteiger charge is -2.35. The second kappa shape index (κ2) is 5.16. The second-order valence-corrected chi connectivity index (χ2v) is 5.80. The molecule has 1 aliphatic rings. The molecule has 0 aliphatic carbocycles. The van der Waals surface area contributed by atoms with E-state index in [1.54, 1.807) is 11.3 Å². The van der Waals surface area contributed by atoms with Crippen LogP contribution >= 0.6 is 11.3 Å². The quantitative estimate of drug-likeness (QED) is 0.841. The highest BCUT2D eigenvalue weighted by molar-refractivity contribution is 7.22. The van der Waals surface area contributed by atoms with Crippen LogP contribution in [0.4, 0.5) is 5.13 Å². The van der Waals surface area contributed by atoms with Crippen molar-refractivity contribution in [3.8, 4) is 6.07 Å². The van der Waals surface area contributed by atoms with Gasteiger partial charge in [-0.1, -0.05) is 23.5 Å². The lowest BCUT2D eigenvalue weighted by Crippen LogP contribution is -2.49. The van der Waals surface area contributed by atoms with E-state index >= 15 is 0 Å². The van der Waals surface area contributed by atoms with Gasteiger partial charge in [0.15, 0.2) is 5.13 Å². The molecule has 1 aliphatic heterocycles.